The highest BCUT2D eigenvalue weighted by Gasteiger charge is 2.26. The molecule has 2 aromatic carbocycles. The molecule has 1 heterocycles. The maximum atomic E-state index is 12.8. The van der Waals surface area contributed by atoms with Crippen molar-refractivity contribution in [2.45, 2.75) is 18.8 Å². The molecular formula is C20H21N3O2. The monoisotopic (exact) mass is 335 g/mol. The molecule has 1 aliphatic heterocycles. The van der Waals surface area contributed by atoms with Crippen molar-refractivity contribution in [3.8, 4) is 11.8 Å². The summed E-state index contributed by atoms with van der Waals surface area (Å²) in [7, 11) is 1.55. The number of nitrogens with two attached hydrogens (primary N) is 1. The highest BCUT2D eigenvalue weighted by atomic mass is 16.5. The van der Waals surface area contributed by atoms with Crippen molar-refractivity contribution in [1.82, 2.24) is 4.90 Å². The number of piperidine rings is 1. The van der Waals surface area contributed by atoms with E-state index in [9.17, 15) is 4.79 Å². The lowest BCUT2D eigenvalue weighted by Gasteiger charge is -2.32. The summed E-state index contributed by atoms with van der Waals surface area (Å²) in [5.41, 5.74) is 8.79. The number of ether oxygens (including phenoxy) is 1. The molecule has 1 fully saturated rings. The van der Waals surface area contributed by atoms with Crippen LogP contribution in [0.25, 0.3) is 0 Å². The first-order valence-corrected chi connectivity index (χ1v) is 8.35. The van der Waals surface area contributed by atoms with Gasteiger partial charge < -0.3 is 15.4 Å². The molecule has 128 valence electrons. The molecule has 0 unspecified atom stereocenters. The van der Waals surface area contributed by atoms with Gasteiger partial charge >= 0.3 is 0 Å². The SMILES string of the molecule is COc1ccc(N)cc1C(=O)N1CCC(c2ccc(C#N)cc2)CC1. The number of methoxy groups -OCH3 is 1. The van der Waals surface area contributed by atoms with Crippen LogP contribution in [0.5, 0.6) is 5.75 Å². The Morgan fingerprint density at radius 3 is 2.48 bits per heavy atom. The van der Waals surface area contributed by atoms with Gasteiger partial charge in [0.1, 0.15) is 5.75 Å². The lowest BCUT2D eigenvalue weighted by atomic mass is 9.89. The second-order valence-corrected chi connectivity index (χ2v) is 6.26. The lowest BCUT2D eigenvalue weighted by molar-refractivity contribution is 0.0709. The molecule has 1 saturated heterocycles. The molecule has 0 spiro atoms. The molecule has 2 N–H and O–H groups in total. The third-order valence-electron chi connectivity index (χ3n) is 4.75. The number of anilines is 1. The fraction of sp³-hybridized carbons (Fsp3) is 0.300. The zero-order valence-electron chi connectivity index (χ0n) is 14.2. The maximum Gasteiger partial charge on any atom is 0.257 e. The minimum atomic E-state index is -0.0394. The van der Waals surface area contributed by atoms with Crippen LogP contribution in [0.3, 0.4) is 0 Å². The van der Waals surface area contributed by atoms with Crippen LogP contribution in [0.15, 0.2) is 42.5 Å². The molecule has 5 nitrogen and oxygen atoms in total. The summed E-state index contributed by atoms with van der Waals surface area (Å²) in [6, 6.07) is 15.0. The van der Waals surface area contributed by atoms with E-state index in [1.54, 1.807) is 25.3 Å². The normalized spacial score (nSPS) is 14.8. The van der Waals surface area contributed by atoms with E-state index in [0.29, 0.717) is 41.6 Å². The number of carbonyl (C=O) groups is 1. The highest BCUT2D eigenvalue weighted by molar-refractivity contribution is 5.97. The molecule has 2 aromatic rings. The zero-order valence-corrected chi connectivity index (χ0v) is 14.2. The van der Waals surface area contributed by atoms with Crippen LogP contribution in [0.1, 0.15) is 40.2 Å². The molecule has 0 aliphatic carbocycles. The fourth-order valence-corrected chi connectivity index (χ4v) is 3.31. The fourth-order valence-electron chi connectivity index (χ4n) is 3.31. The standard InChI is InChI=1S/C20H21N3O2/c1-25-19-7-6-17(22)12-18(19)20(24)23-10-8-16(9-11-23)15-4-2-14(13-21)3-5-15/h2-7,12,16H,8-11,22H2,1H3. The number of nitrogens with zero attached hydrogens (tertiary/aromatic N) is 2. The molecule has 0 bridgehead atoms. The molecule has 0 radical (unpaired) electrons. The Hall–Kier alpha value is -3.00. The van der Waals surface area contributed by atoms with Gasteiger partial charge in [-0.1, -0.05) is 12.1 Å². The highest BCUT2D eigenvalue weighted by Crippen LogP contribution is 2.30. The summed E-state index contributed by atoms with van der Waals surface area (Å²) in [5.74, 6) is 0.926. The Morgan fingerprint density at radius 2 is 1.88 bits per heavy atom. The van der Waals surface area contributed by atoms with Crippen molar-refractivity contribution in [2.24, 2.45) is 0 Å². The molecule has 5 heteroatoms. The van der Waals surface area contributed by atoms with Crippen molar-refractivity contribution in [3.63, 3.8) is 0 Å². The second kappa shape index (κ2) is 7.27. The van der Waals surface area contributed by atoms with Crippen LogP contribution in [-0.4, -0.2) is 31.0 Å². The predicted octanol–water partition coefficient (Wildman–Crippen LogP) is 3.17. The van der Waals surface area contributed by atoms with Gasteiger partial charge in [-0.25, -0.2) is 0 Å². The van der Waals surface area contributed by atoms with Gasteiger partial charge in [-0.2, -0.15) is 5.26 Å². The molecule has 0 saturated carbocycles. The first kappa shape index (κ1) is 16.8. The Labute approximate surface area is 147 Å². The Bertz CT molecular complexity index is 801. The number of likely N-dealkylation sites (tertiary alicyclic amines) is 1. The minimum absolute atomic E-state index is 0.0394. The van der Waals surface area contributed by atoms with E-state index < -0.39 is 0 Å². The molecule has 1 aliphatic rings. The Kier molecular flexibility index (Phi) is 4.90. The number of amides is 1. The van der Waals surface area contributed by atoms with E-state index in [1.807, 2.05) is 29.2 Å². The van der Waals surface area contributed by atoms with Gasteiger partial charge in [-0.05, 0) is 54.7 Å². The number of hydrogen-bond donors (Lipinski definition) is 1. The van der Waals surface area contributed by atoms with E-state index in [4.69, 9.17) is 15.7 Å². The van der Waals surface area contributed by atoms with E-state index in [-0.39, 0.29) is 5.91 Å². The number of nitrogen functional groups attached to an aromatic ring is 1. The van der Waals surface area contributed by atoms with Gasteiger partial charge in [0.05, 0.1) is 24.3 Å². The average Bonchev–Trinajstić information content (AvgIpc) is 2.67. The quantitative estimate of drug-likeness (QED) is 0.874. The topological polar surface area (TPSA) is 79.3 Å². The van der Waals surface area contributed by atoms with Crippen molar-refractivity contribution < 1.29 is 9.53 Å². The molecular weight excluding hydrogens is 314 g/mol. The molecule has 0 aromatic heterocycles. The van der Waals surface area contributed by atoms with Gasteiger partial charge in [0, 0.05) is 18.8 Å². The first-order chi connectivity index (χ1) is 12.1. The van der Waals surface area contributed by atoms with Crippen LogP contribution in [0.2, 0.25) is 0 Å². The molecule has 0 atom stereocenters. The summed E-state index contributed by atoms with van der Waals surface area (Å²) in [6.07, 6.45) is 1.81. The van der Waals surface area contributed by atoms with Crippen molar-refractivity contribution in [2.75, 3.05) is 25.9 Å². The van der Waals surface area contributed by atoms with Gasteiger partial charge in [-0.3, -0.25) is 4.79 Å². The van der Waals surface area contributed by atoms with Gasteiger partial charge in [0.2, 0.25) is 0 Å². The van der Waals surface area contributed by atoms with Crippen LogP contribution >= 0.6 is 0 Å². The van der Waals surface area contributed by atoms with Gasteiger partial charge in [0.15, 0.2) is 0 Å². The Morgan fingerprint density at radius 1 is 1.20 bits per heavy atom. The number of rotatable bonds is 3. The van der Waals surface area contributed by atoms with Gasteiger partial charge in [0.25, 0.3) is 5.91 Å². The number of carbonyl (C=O) groups excluding carboxylic acids is 1. The van der Waals surface area contributed by atoms with Gasteiger partial charge in [-0.15, -0.1) is 0 Å². The van der Waals surface area contributed by atoms with Crippen LogP contribution < -0.4 is 10.5 Å². The van der Waals surface area contributed by atoms with E-state index in [1.165, 1.54) is 5.56 Å². The first-order valence-electron chi connectivity index (χ1n) is 8.35. The third kappa shape index (κ3) is 3.58. The van der Waals surface area contributed by atoms with Crippen molar-refractivity contribution in [1.29, 1.82) is 5.26 Å². The van der Waals surface area contributed by atoms with Crippen LogP contribution in [-0.2, 0) is 0 Å². The van der Waals surface area contributed by atoms with E-state index in [0.717, 1.165) is 12.8 Å². The third-order valence-corrected chi connectivity index (χ3v) is 4.75. The summed E-state index contributed by atoms with van der Waals surface area (Å²) >= 11 is 0. The van der Waals surface area contributed by atoms with E-state index in [2.05, 4.69) is 6.07 Å². The largest absolute Gasteiger partial charge is 0.496 e. The summed E-state index contributed by atoms with van der Waals surface area (Å²) in [4.78, 5) is 14.7. The second-order valence-electron chi connectivity index (χ2n) is 6.26. The molecule has 1 amide bonds. The molecule has 25 heavy (non-hydrogen) atoms. The smallest absolute Gasteiger partial charge is 0.257 e. The van der Waals surface area contributed by atoms with Crippen LogP contribution in [0.4, 0.5) is 5.69 Å². The van der Waals surface area contributed by atoms with Crippen molar-refractivity contribution >= 4 is 11.6 Å². The summed E-state index contributed by atoms with van der Waals surface area (Å²) in [6.45, 7) is 1.39. The molecule has 3 rings (SSSR count). The summed E-state index contributed by atoms with van der Waals surface area (Å²) < 4.78 is 5.30. The van der Waals surface area contributed by atoms with Crippen molar-refractivity contribution in [3.05, 3.63) is 59.2 Å². The predicted molar refractivity (Wildman–Crippen MR) is 96.4 cm³/mol. The van der Waals surface area contributed by atoms with Crippen LogP contribution in [0, 0.1) is 11.3 Å². The zero-order chi connectivity index (χ0) is 17.8. The minimum Gasteiger partial charge on any atom is -0.496 e. The maximum absolute atomic E-state index is 12.8. The number of benzene rings is 2. The number of hydrogen-bond acceptors (Lipinski definition) is 4. The Balaban J connectivity index is 1.68. The average molecular weight is 335 g/mol. The van der Waals surface area contributed by atoms with E-state index >= 15 is 0 Å². The summed E-state index contributed by atoms with van der Waals surface area (Å²) in [5, 5.41) is 8.89. The lowest BCUT2D eigenvalue weighted by Crippen LogP contribution is -2.38. The number of nitriles is 1.